The van der Waals surface area contributed by atoms with Crippen LogP contribution in [0.15, 0.2) is 62.9 Å². The number of fused-ring (bicyclic) bond motifs is 1. The van der Waals surface area contributed by atoms with Gasteiger partial charge in [-0.15, -0.1) is 0 Å². The van der Waals surface area contributed by atoms with Gasteiger partial charge in [0.25, 0.3) is 11.1 Å². The van der Waals surface area contributed by atoms with Crippen molar-refractivity contribution in [1.29, 1.82) is 0 Å². The highest BCUT2D eigenvalue weighted by Crippen LogP contribution is 2.34. The van der Waals surface area contributed by atoms with Gasteiger partial charge >= 0.3 is 5.69 Å². The van der Waals surface area contributed by atoms with Gasteiger partial charge in [-0.3, -0.25) is 23.4 Å². The van der Waals surface area contributed by atoms with E-state index in [4.69, 9.17) is 11.6 Å². The summed E-state index contributed by atoms with van der Waals surface area (Å²) < 4.78 is 29.7. The number of pyridine rings is 1. The fourth-order valence-electron chi connectivity index (χ4n) is 4.34. The number of aromatic nitrogens is 3. The van der Waals surface area contributed by atoms with Crippen LogP contribution in [-0.2, 0) is 17.1 Å². The van der Waals surface area contributed by atoms with Gasteiger partial charge in [-0.2, -0.15) is 0 Å². The quantitative estimate of drug-likeness (QED) is 0.386. The lowest BCUT2D eigenvalue weighted by molar-refractivity contribution is 0.607. The van der Waals surface area contributed by atoms with Crippen LogP contribution in [-0.4, -0.2) is 28.4 Å². The summed E-state index contributed by atoms with van der Waals surface area (Å²) in [6.45, 7) is 1.89. The predicted molar refractivity (Wildman–Crippen MR) is 145 cm³/mol. The van der Waals surface area contributed by atoms with E-state index in [1.165, 1.54) is 32.9 Å². The molecule has 0 saturated heterocycles. The second-order valence-corrected chi connectivity index (χ2v) is 11.4. The largest absolute Gasteiger partial charge is 0.353 e. The molecular weight excluding hydrogens is 518 g/mol. The van der Waals surface area contributed by atoms with E-state index in [-0.39, 0.29) is 28.5 Å². The van der Waals surface area contributed by atoms with Crippen molar-refractivity contribution in [3.8, 4) is 5.69 Å². The lowest BCUT2D eigenvalue weighted by atomic mass is 10.2. The zero-order chi connectivity index (χ0) is 26.6. The van der Waals surface area contributed by atoms with Crippen molar-refractivity contribution in [1.82, 2.24) is 13.7 Å². The van der Waals surface area contributed by atoms with Gasteiger partial charge in [0.1, 0.15) is 11.0 Å². The van der Waals surface area contributed by atoms with Crippen LogP contribution in [0.3, 0.4) is 0 Å². The number of benzene rings is 2. The maximum atomic E-state index is 13.8. The lowest BCUT2D eigenvalue weighted by Gasteiger charge is -2.19. The summed E-state index contributed by atoms with van der Waals surface area (Å²) in [7, 11) is -2.11. The predicted octanol–water partition coefficient (Wildman–Crippen LogP) is 3.26. The molecule has 2 heterocycles. The standard InChI is InChI=1S/C25H24ClN5O5S/c1-14-7-10-19(18(26)11-14)27-20-13-21(32)29(2)23-22(20)24(33)31(16-8-9-16)25(34)30(23)17-6-4-5-15(12-17)28-37(3,35)36/h4-7,10-13,16,27-28H,8-9H2,1-3H3. The van der Waals surface area contributed by atoms with Crippen LogP contribution < -0.4 is 26.8 Å². The van der Waals surface area contributed by atoms with Gasteiger partial charge in [-0.1, -0.05) is 23.7 Å². The molecule has 5 rings (SSSR count). The number of sulfonamides is 1. The molecule has 1 saturated carbocycles. The number of nitrogens with one attached hydrogen (secondary N) is 2. The SMILES string of the molecule is Cc1ccc(Nc2cc(=O)n(C)c3c2c(=O)n(C2CC2)c(=O)n3-c2cccc(NS(C)(=O)=O)c2)c(Cl)c1. The third-order valence-corrected chi connectivity index (χ3v) is 7.08. The Kier molecular flexibility index (Phi) is 5.99. The molecule has 2 aromatic carbocycles. The van der Waals surface area contributed by atoms with Crippen LogP contribution in [0, 0.1) is 6.92 Å². The smallest absolute Gasteiger partial charge is 0.337 e. The summed E-state index contributed by atoms with van der Waals surface area (Å²) >= 11 is 6.42. The normalized spacial score (nSPS) is 13.6. The molecular formula is C25H24ClN5O5S. The summed E-state index contributed by atoms with van der Waals surface area (Å²) in [6, 6.07) is 12.6. The fraction of sp³-hybridized carbons (Fsp3) is 0.240. The Labute approximate surface area is 216 Å². The summed E-state index contributed by atoms with van der Waals surface area (Å²) in [5.74, 6) is 0. The Hall–Kier alpha value is -3.83. The van der Waals surface area contributed by atoms with Crippen molar-refractivity contribution in [3.63, 3.8) is 0 Å². The molecule has 10 nitrogen and oxygen atoms in total. The van der Waals surface area contributed by atoms with E-state index >= 15 is 0 Å². The number of nitrogens with zero attached hydrogens (tertiary/aromatic N) is 3. The van der Waals surface area contributed by atoms with Crippen LogP contribution in [0.1, 0.15) is 24.4 Å². The molecule has 37 heavy (non-hydrogen) atoms. The molecule has 2 aromatic heterocycles. The van der Waals surface area contributed by atoms with Crippen LogP contribution in [0.25, 0.3) is 16.7 Å². The average Bonchev–Trinajstić information content (AvgIpc) is 3.63. The molecule has 1 aliphatic rings. The summed E-state index contributed by atoms with van der Waals surface area (Å²) in [4.78, 5) is 40.5. The van der Waals surface area contributed by atoms with Gasteiger partial charge in [-0.25, -0.2) is 17.8 Å². The van der Waals surface area contributed by atoms with Gasteiger partial charge in [0, 0.05) is 19.2 Å². The Bertz CT molecular complexity index is 1870. The average molecular weight is 542 g/mol. The Morgan fingerprint density at radius 3 is 2.38 bits per heavy atom. The van der Waals surface area contributed by atoms with Crippen LogP contribution in [0.2, 0.25) is 5.02 Å². The lowest BCUT2D eigenvalue weighted by Crippen LogP contribution is -2.41. The number of rotatable bonds is 6. The Balaban J connectivity index is 1.86. The third-order valence-electron chi connectivity index (χ3n) is 6.16. The van der Waals surface area contributed by atoms with Crippen LogP contribution in [0.5, 0.6) is 0 Å². The minimum Gasteiger partial charge on any atom is -0.353 e. The topological polar surface area (TPSA) is 124 Å². The molecule has 0 spiro atoms. The highest BCUT2D eigenvalue weighted by atomic mass is 35.5. The van der Waals surface area contributed by atoms with Crippen molar-refractivity contribution in [2.75, 3.05) is 16.3 Å². The van der Waals surface area contributed by atoms with Crippen molar-refractivity contribution in [3.05, 3.63) is 90.3 Å². The second-order valence-electron chi connectivity index (χ2n) is 9.21. The highest BCUT2D eigenvalue weighted by Gasteiger charge is 2.31. The van der Waals surface area contributed by atoms with E-state index < -0.39 is 26.8 Å². The van der Waals surface area contributed by atoms with E-state index in [0.29, 0.717) is 29.2 Å². The zero-order valence-corrected chi connectivity index (χ0v) is 21.9. The van der Waals surface area contributed by atoms with E-state index in [1.54, 1.807) is 30.3 Å². The summed E-state index contributed by atoms with van der Waals surface area (Å²) in [5, 5.41) is 3.65. The van der Waals surface area contributed by atoms with Crippen molar-refractivity contribution in [2.45, 2.75) is 25.8 Å². The zero-order valence-electron chi connectivity index (χ0n) is 20.3. The molecule has 0 bridgehead atoms. The van der Waals surface area contributed by atoms with Gasteiger partial charge in [0.15, 0.2) is 0 Å². The number of hydrogen-bond acceptors (Lipinski definition) is 6. The third kappa shape index (κ3) is 4.67. The molecule has 1 fully saturated rings. The molecule has 0 unspecified atom stereocenters. The van der Waals surface area contributed by atoms with E-state index in [1.807, 2.05) is 13.0 Å². The van der Waals surface area contributed by atoms with Crippen LogP contribution >= 0.6 is 11.6 Å². The van der Waals surface area contributed by atoms with Gasteiger partial charge in [-0.05, 0) is 55.7 Å². The minimum atomic E-state index is -3.58. The number of hydrogen-bond donors (Lipinski definition) is 2. The van der Waals surface area contributed by atoms with Crippen molar-refractivity contribution < 1.29 is 8.42 Å². The minimum absolute atomic E-state index is 0.0710. The first-order chi connectivity index (χ1) is 17.4. The summed E-state index contributed by atoms with van der Waals surface area (Å²) in [5.41, 5.74) is 0.647. The first-order valence-corrected chi connectivity index (χ1v) is 13.7. The first-order valence-electron chi connectivity index (χ1n) is 11.5. The second kappa shape index (κ2) is 8.93. The molecule has 1 aliphatic carbocycles. The fourth-order valence-corrected chi connectivity index (χ4v) is 5.18. The van der Waals surface area contributed by atoms with Gasteiger partial charge in [0.05, 0.1) is 34.0 Å². The Morgan fingerprint density at radius 1 is 1.00 bits per heavy atom. The molecule has 12 heteroatoms. The number of anilines is 3. The molecule has 192 valence electrons. The first kappa shape index (κ1) is 24.8. The highest BCUT2D eigenvalue weighted by molar-refractivity contribution is 7.92. The Morgan fingerprint density at radius 2 is 1.73 bits per heavy atom. The van der Waals surface area contributed by atoms with Gasteiger partial charge in [0.2, 0.25) is 10.0 Å². The molecule has 0 amide bonds. The maximum absolute atomic E-state index is 13.8. The molecule has 0 atom stereocenters. The van der Waals surface area contributed by atoms with Crippen molar-refractivity contribution in [2.24, 2.45) is 7.05 Å². The number of aryl methyl sites for hydroxylation is 2. The van der Waals surface area contributed by atoms with E-state index in [2.05, 4.69) is 10.0 Å². The monoisotopic (exact) mass is 541 g/mol. The molecule has 0 radical (unpaired) electrons. The molecule has 4 aromatic rings. The van der Waals surface area contributed by atoms with E-state index in [0.717, 1.165) is 11.8 Å². The van der Waals surface area contributed by atoms with E-state index in [9.17, 15) is 22.8 Å². The maximum Gasteiger partial charge on any atom is 0.337 e. The van der Waals surface area contributed by atoms with Gasteiger partial charge < -0.3 is 5.32 Å². The molecule has 0 aliphatic heterocycles. The van der Waals surface area contributed by atoms with Crippen molar-refractivity contribution >= 4 is 49.7 Å². The number of halogens is 1. The van der Waals surface area contributed by atoms with Crippen LogP contribution in [0.4, 0.5) is 17.1 Å². The summed E-state index contributed by atoms with van der Waals surface area (Å²) in [6.07, 6.45) is 2.37. The molecule has 2 N–H and O–H groups in total.